The van der Waals surface area contributed by atoms with Crippen molar-refractivity contribution in [3.05, 3.63) is 104 Å². The summed E-state index contributed by atoms with van der Waals surface area (Å²) in [7, 11) is 6.51. The molecular formula is C41H37N7O7. The van der Waals surface area contributed by atoms with Crippen molar-refractivity contribution in [1.29, 1.82) is 0 Å². The molecule has 3 aliphatic rings. The summed E-state index contributed by atoms with van der Waals surface area (Å²) in [6, 6.07) is 12.2. The Bertz CT molecular complexity index is 2750. The summed E-state index contributed by atoms with van der Waals surface area (Å²) in [5.41, 5.74) is 6.28. The fourth-order valence-corrected chi connectivity index (χ4v) is 8.10. The minimum absolute atomic E-state index is 0.126. The lowest BCUT2D eigenvalue weighted by Crippen LogP contribution is -2.44. The van der Waals surface area contributed by atoms with E-state index in [0.29, 0.717) is 61.8 Å². The Morgan fingerprint density at radius 2 is 1.60 bits per heavy atom. The molecule has 2 aliphatic heterocycles. The van der Waals surface area contributed by atoms with Crippen LogP contribution in [0.3, 0.4) is 0 Å². The number of benzene rings is 2. The predicted octanol–water partition coefficient (Wildman–Crippen LogP) is 4.34. The molecule has 0 bridgehead atoms. The van der Waals surface area contributed by atoms with Crippen LogP contribution < -0.4 is 26.0 Å². The number of para-hydroxylation sites is 1. The van der Waals surface area contributed by atoms with Crippen molar-refractivity contribution in [2.45, 2.75) is 50.7 Å². The minimum atomic E-state index is -0.821. The summed E-state index contributed by atoms with van der Waals surface area (Å²) < 4.78 is 16.3. The average Bonchev–Trinajstić information content (AvgIpc) is 3.96. The van der Waals surface area contributed by atoms with Crippen LogP contribution in [0.25, 0.3) is 44.1 Å². The largest absolute Gasteiger partial charge is 0.496 e. The third kappa shape index (κ3) is 5.50. The van der Waals surface area contributed by atoms with Gasteiger partial charge in [-0.2, -0.15) is 0 Å². The molecular weight excluding hydrogens is 702 g/mol. The average molecular weight is 740 g/mol. The van der Waals surface area contributed by atoms with Crippen LogP contribution in [0.15, 0.2) is 70.6 Å². The van der Waals surface area contributed by atoms with Crippen molar-refractivity contribution in [3.63, 3.8) is 0 Å². The number of nitrogens with one attached hydrogen (secondary N) is 1. The van der Waals surface area contributed by atoms with Gasteiger partial charge in [0, 0.05) is 67.4 Å². The highest BCUT2D eigenvalue weighted by Crippen LogP contribution is 2.42. The van der Waals surface area contributed by atoms with Crippen LogP contribution >= 0.6 is 0 Å². The van der Waals surface area contributed by atoms with E-state index in [1.165, 1.54) is 9.13 Å². The van der Waals surface area contributed by atoms with Crippen molar-refractivity contribution in [2.75, 3.05) is 14.2 Å². The molecule has 1 saturated heterocycles. The molecule has 0 spiro atoms. The molecule has 55 heavy (non-hydrogen) atoms. The lowest BCUT2D eigenvalue weighted by Gasteiger charge is -2.22. The van der Waals surface area contributed by atoms with Crippen molar-refractivity contribution >= 4 is 39.5 Å². The molecule has 9 rings (SSSR count). The van der Waals surface area contributed by atoms with Gasteiger partial charge in [-0.25, -0.2) is 4.79 Å². The zero-order chi connectivity index (χ0) is 38.3. The van der Waals surface area contributed by atoms with Gasteiger partial charge in [0.25, 0.3) is 11.5 Å². The third-order valence-electron chi connectivity index (χ3n) is 11.1. The predicted molar refractivity (Wildman–Crippen MR) is 203 cm³/mol. The van der Waals surface area contributed by atoms with Gasteiger partial charge in [-0.1, -0.05) is 12.1 Å². The van der Waals surface area contributed by atoms with E-state index in [4.69, 9.17) is 14.5 Å². The number of piperidine rings is 1. The molecule has 1 N–H and O–H groups in total. The second-order valence-corrected chi connectivity index (χ2v) is 14.5. The van der Waals surface area contributed by atoms with Gasteiger partial charge < -0.3 is 18.9 Å². The van der Waals surface area contributed by atoms with Crippen molar-refractivity contribution in [3.8, 4) is 33.8 Å². The first-order valence-corrected chi connectivity index (χ1v) is 18.1. The first-order valence-electron chi connectivity index (χ1n) is 18.1. The summed E-state index contributed by atoms with van der Waals surface area (Å²) in [5.74, 6) is 0.377. The number of methoxy groups -OCH3 is 2. The van der Waals surface area contributed by atoms with Crippen LogP contribution in [-0.2, 0) is 36.8 Å². The SMILES string of the molecule is COc1cc(-c2cn(C)c(=O)c3cnc(C4CC4)cc23)cc(OC)c1CN1Cc2ncc(-c3cccc4c3n(C)c(=O)n4C3CCC(=O)NC3=O)cc2C1=O. The first kappa shape index (κ1) is 34.2. The number of hydrogen-bond acceptors (Lipinski definition) is 9. The standard InChI is InChI=1S/C41H37N7O7/c1-45-18-28(25-15-30(21-8-9-21)43-17-27(25)39(45)51)22-13-34(54-3)29(35(14-22)55-4)19-47-20-31-26(40(47)52)12-23(16-42-31)24-6-5-7-32-37(24)46(2)41(53)48(32)33-10-11-36(49)44-38(33)50/h5-7,12-18,21,33H,8-11,19-20H2,1-4H3,(H,44,49,50). The van der Waals surface area contributed by atoms with Gasteiger partial charge in [0.15, 0.2) is 0 Å². The highest BCUT2D eigenvalue weighted by Gasteiger charge is 2.34. The maximum Gasteiger partial charge on any atom is 0.329 e. The number of carbonyl (C=O) groups is 3. The van der Waals surface area contributed by atoms with E-state index >= 15 is 0 Å². The van der Waals surface area contributed by atoms with E-state index in [0.717, 1.165) is 35.0 Å². The van der Waals surface area contributed by atoms with Crippen LogP contribution in [0.2, 0.25) is 0 Å². The number of carbonyl (C=O) groups excluding carboxylic acids is 3. The fourth-order valence-electron chi connectivity index (χ4n) is 8.10. The Labute approximate surface area is 313 Å². The molecule has 2 aromatic carbocycles. The second-order valence-electron chi connectivity index (χ2n) is 14.5. The quantitative estimate of drug-likeness (QED) is 0.224. The maximum atomic E-state index is 14.1. The van der Waals surface area contributed by atoms with Gasteiger partial charge in [-0.15, -0.1) is 0 Å². The van der Waals surface area contributed by atoms with Crippen LogP contribution in [0.4, 0.5) is 0 Å². The van der Waals surface area contributed by atoms with Crippen LogP contribution in [-0.4, -0.2) is 60.5 Å². The van der Waals surface area contributed by atoms with Crippen molar-refractivity contribution in [1.82, 2.24) is 33.9 Å². The summed E-state index contributed by atoms with van der Waals surface area (Å²) in [6.45, 7) is 0.444. The fraction of sp³-hybridized carbons (Fsp3) is 0.293. The zero-order valence-electron chi connectivity index (χ0n) is 30.7. The minimum Gasteiger partial charge on any atom is -0.496 e. The molecule has 2 fully saturated rings. The Kier molecular flexibility index (Phi) is 7.95. The molecule has 1 saturated carbocycles. The number of hydrogen-bond donors (Lipinski definition) is 1. The lowest BCUT2D eigenvalue weighted by atomic mass is 9.98. The molecule has 278 valence electrons. The molecule has 0 radical (unpaired) electrons. The molecule has 1 aliphatic carbocycles. The second kappa shape index (κ2) is 12.8. The smallest absolute Gasteiger partial charge is 0.329 e. The third-order valence-corrected chi connectivity index (χ3v) is 11.1. The number of ether oxygens (including phenoxy) is 2. The number of imide groups is 1. The van der Waals surface area contributed by atoms with Crippen molar-refractivity contribution in [2.24, 2.45) is 14.1 Å². The normalized spacial score (nSPS) is 16.9. The van der Waals surface area contributed by atoms with E-state index in [-0.39, 0.29) is 49.0 Å². The summed E-state index contributed by atoms with van der Waals surface area (Å²) in [6.07, 6.45) is 7.72. The molecule has 14 nitrogen and oxygen atoms in total. The number of fused-ring (bicyclic) bond motifs is 3. The van der Waals surface area contributed by atoms with E-state index < -0.39 is 11.9 Å². The van der Waals surface area contributed by atoms with Gasteiger partial charge in [0.05, 0.1) is 60.5 Å². The number of pyridine rings is 3. The monoisotopic (exact) mass is 739 g/mol. The topological polar surface area (TPSA) is 160 Å². The lowest BCUT2D eigenvalue weighted by molar-refractivity contribution is -0.135. The molecule has 1 atom stereocenters. The van der Waals surface area contributed by atoms with E-state index in [2.05, 4.69) is 10.3 Å². The molecule has 6 heterocycles. The zero-order valence-corrected chi connectivity index (χ0v) is 30.7. The highest BCUT2D eigenvalue weighted by molar-refractivity contribution is 6.02. The van der Waals surface area contributed by atoms with Crippen LogP contribution in [0.5, 0.6) is 11.5 Å². The molecule has 14 heteroatoms. The number of imidazole rings is 1. The number of rotatable bonds is 8. The first-order chi connectivity index (χ1) is 26.6. The summed E-state index contributed by atoms with van der Waals surface area (Å²) in [5, 5.41) is 3.69. The highest BCUT2D eigenvalue weighted by atomic mass is 16.5. The van der Waals surface area contributed by atoms with E-state index in [1.807, 2.05) is 30.5 Å². The van der Waals surface area contributed by atoms with Gasteiger partial charge in [-0.3, -0.25) is 43.6 Å². The van der Waals surface area contributed by atoms with Crippen LogP contribution in [0, 0.1) is 0 Å². The summed E-state index contributed by atoms with van der Waals surface area (Å²) in [4.78, 5) is 76.3. The van der Waals surface area contributed by atoms with Crippen LogP contribution in [0.1, 0.15) is 65.0 Å². The number of amides is 3. The Morgan fingerprint density at radius 1 is 0.836 bits per heavy atom. The Balaban J connectivity index is 1.05. The van der Waals surface area contributed by atoms with Crippen molar-refractivity contribution < 1.29 is 23.9 Å². The molecule has 6 aromatic rings. The maximum absolute atomic E-state index is 14.1. The number of aromatic nitrogens is 5. The molecule has 3 amide bonds. The van der Waals surface area contributed by atoms with E-state index in [9.17, 15) is 24.0 Å². The van der Waals surface area contributed by atoms with Gasteiger partial charge >= 0.3 is 5.69 Å². The van der Waals surface area contributed by atoms with E-state index in [1.54, 1.807) is 68.4 Å². The summed E-state index contributed by atoms with van der Waals surface area (Å²) >= 11 is 0. The number of nitrogens with zero attached hydrogens (tertiary/aromatic N) is 6. The number of aryl methyl sites for hydroxylation is 2. The van der Waals surface area contributed by atoms with Gasteiger partial charge in [-0.05, 0) is 60.5 Å². The Hall–Kier alpha value is -6.57. The molecule has 4 aromatic heterocycles. The Morgan fingerprint density at radius 3 is 2.31 bits per heavy atom. The van der Waals surface area contributed by atoms with Gasteiger partial charge in [0.1, 0.15) is 17.5 Å². The molecule has 1 unspecified atom stereocenters. The van der Waals surface area contributed by atoms with Gasteiger partial charge in [0.2, 0.25) is 11.8 Å².